The zero-order valence-corrected chi connectivity index (χ0v) is 11.0. The standard InChI is InChI=1S/C15H16N2S/c18-15(17-10-3-4-11-17)16-14-9-5-7-12-6-1-2-8-13(12)14/h1-2,5-9H,3-4,10-11H2,(H,16,18). The SMILES string of the molecule is S=C(Nc1cccc2ccccc12)N1CCCC1. The number of likely N-dealkylation sites (tertiary alicyclic amines) is 1. The van der Waals surface area contributed by atoms with E-state index in [1.807, 2.05) is 0 Å². The molecule has 1 aliphatic rings. The van der Waals surface area contributed by atoms with Gasteiger partial charge >= 0.3 is 0 Å². The van der Waals surface area contributed by atoms with E-state index in [1.165, 1.54) is 23.6 Å². The first-order valence-electron chi connectivity index (χ1n) is 6.38. The summed E-state index contributed by atoms with van der Waals surface area (Å²) in [5, 5.41) is 6.70. The molecule has 1 saturated heterocycles. The highest BCUT2D eigenvalue weighted by Crippen LogP contribution is 2.23. The molecular formula is C15H16N2S. The Morgan fingerprint density at radius 1 is 1.00 bits per heavy atom. The number of rotatable bonds is 1. The Balaban J connectivity index is 1.88. The second-order valence-corrected chi connectivity index (χ2v) is 5.04. The van der Waals surface area contributed by atoms with Crippen LogP contribution in [0.25, 0.3) is 10.8 Å². The predicted molar refractivity (Wildman–Crippen MR) is 81.0 cm³/mol. The van der Waals surface area contributed by atoms with Gasteiger partial charge in [-0.05, 0) is 36.5 Å². The third-order valence-electron chi connectivity index (χ3n) is 3.42. The lowest BCUT2D eigenvalue weighted by atomic mass is 10.1. The molecule has 0 bridgehead atoms. The summed E-state index contributed by atoms with van der Waals surface area (Å²) in [6, 6.07) is 14.7. The van der Waals surface area contributed by atoms with Gasteiger partial charge in [0.15, 0.2) is 5.11 Å². The Bertz CT molecular complexity index is 568. The minimum absolute atomic E-state index is 0.851. The van der Waals surface area contributed by atoms with Crippen LogP contribution in [-0.2, 0) is 0 Å². The van der Waals surface area contributed by atoms with Crippen LogP contribution in [0.4, 0.5) is 5.69 Å². The van der Waals surface area contributed by atoms with Crippen LogP contribution in [0, 0.1) is 0 Å². The van der Waals surface area contributed by atoms with E-state index >= 15 is 0 Å². The number of nitrogens with one attached hydrogen (secondary N) is 1. The molecule has 0 radical (unpaired) electrons. The number of nitrogens with zero attached hydrogens (tertiary/aromatic N) is 1. The molecule has 92 valence electrons. The van der Waals surface area contributed by atoms with E-state index < -0.39 is 0 Å². The number of benzene rings is 2. The van der Waals surface area contributed by atoms with E-state index in [4.69, 9.17) is 12.2 Å². The first kappa shape index (κ1) is 11.5. The van der Waals surface area contributed by atoms with Crippen molar-refractivity contribution in [1.82, 2.24) is 4.90 Å². The molecule has 0 saturated carbocycles. The third-order valence-corrected chi connectivity index (χ3v) is 3.78. The van der Waals surface area contributed by atoms with Crippen LogP contribution >= 0.6 is 12.2 Å². The second kappa shape index (κ2) is 4.94. The summed E-state index contributed by atoms with van der Waals surface area (Å²) in [6.07, 6.45) is 2.49. The van der Waals surface area contributed by atoms with Gasteiger partial charge in [0.25, 0.3) is 0 Å². The van der Waals surface area contributed by atoms with Crippen molar-refractivity contribution in [3.05, 3.63) is 42.5 Å². The number of thiocarbonyl (C=S) groups is 1. The molecule has 0 atom stereocenters. The normalized spacial score (nSPS) is 15.0. The molecule has 2 aromatic carbocycles. The number of anilines is 1. The fraction of sp³-hybridized carbons (Fsp3) is 0.267. The van der Waals surface area contributed by atoms with E-state index in [2.05, 4.69) is 52.7 Å². The van der Waals surface area contributed by atoms with E-state index in [0.717, 1.165) is 23.9 Å². The molecule has 2 aromatic rings. The number of hydrogen-bond donors (Lipinski definition) is 1. The minimum atomic E-state index is 0.851. The number of fused-ring (bicyclic) bond motifs is 1. The number of hydrogen-bond acceptors (Lipinski definition) is 1. The lowest BCUT2D eigenvalue weighted by molar-refractivity contribution is 0.528. The summed E-state index contributed by atoms with van der Waals surface area (Å²) in [5.41, 5.74) is 1.10. The van der Waals surface area contributed by atoms with Crippen LogP contribution in [0.2, 0.25) is 0 Å². The molecule has 3 heteroatoms. The van der Waals surface area contributed by atoms with Crippen molar-refractivity contribution in [2.24, 2.45) is 0 Å². The first-order chi connectivity index (χ1) is 8.84. The topological polar surface area (TPSA) is 15.3 Å². The molecule has 3 rings (SSSR count). The molecule has 0 unspecified atom stereocenters. The fourth-order valence-corrected chi connectivity index (χ4v) is 2.74. The zero-order valence-electron chi connectivity index (χ0n) is 10.2. The first-order valence-corrected chi connectivity index (χ1v) is 6.79. The van der Waals surface area contributed by atoms with Crippen LogP contribution in [-0.4, -0.2) is 23.1 Å². The van der Waals surface area contributed by atoms with Crippen LogP contribution in [0.5, 0.6) is 0 Å². The second-order valence-electron chi connectivity index (χ2n) is 4.65. The maximum absolute atomic E-state index is 5.47. The van der Waals surface area contributed by atoms with Crippen molar-refractivity contribution in [3.8, 4) is 0 Å². The Hall–Kier alpha value is -1.61. The highest BCUT2D eigenvalue weighted by Gasteiger charge is 2.15. The van der Waals surface area contributed by atoms with Crippen molar-refractivity contribution in [2.45, 2.75) is 12.8 Å². The third kappa shape index (κ3) is 2.18. The quantitative estimate of drug-likeness (QED) is 0.784. The fourth-order valence-electron chi connectivity index (χ4n) is 2.45. The van der Waals surface area contributed by atoms with Gasteiger partial charge in [0.05, 0.1) is 0 Å². The smallest absolute Gasteiger partial charge is 0.173 e. The maximum Gasteiger partial charge on any atom is 0.173 e. The molecule has 0 aromatic heterocycles. The molecular weight excluding hydrogens is 240 g/mol. The van der Waals surface area contributed by atoms with Crippen LogP contribution in [0.1, 0.15) is 12.8 Å². The van der Waals surface area contributed by atoms with Gasteiger partial charge in [-0.25, -0.2) is 0 Å². The van der Waals surface area contributed by atoms with Gasteiger partial charge < -0.3 is 10.2 Å². The Kier molecular flexibility index (Phi) is 3.15. The van der Waals surface area contributed by atoms with Crippen molar-refractivity contribution in [2.75, 3.05) is 18.4 Å². The molecule has 1 fully saturated rings. The summed E-state index contributed by atoms with van der Waals surface area (Å²) in [7, 11) is 0. The predicted octanol–water partition coefficient (Wildman–Crippen LogP) is 3.63. The average molecular weight is 256 g/mol. The lowest BCUT2D eigenvalue weighted by Gasteiger charge is -2.20. The molecule has 0 amide bonds. The minimum Gasteiger partial charge on any atom is -0.349 e. The molecule has 0 spiro atoms. The van der Waals surface area contributed by atoms with Gasteiger partial charge in [0, 0.05) is 24.2 Å². The lowest BCUT2D eigenvalue weighted by Crippen LogP contribution is -2.31. The van der Waals surface area contributed by atoms with Crippen molar-refractivity contribution in [3.63, 3.8) is 0 Å². The van der Waals surface area contributed by atoms with Crippen LogP contribution in [0.15, 0.2) is 42.5 Å². The van der Waals surface area contributed by atoms with Crippen molar-refractivity contribution in [1.29, 1.82) is 0 Å². The van der Waals surface area contributed by atoms with Gasteiger partial charge in [0.1, 0.15) is 0 Å². The highest BCUT2D eigenvalue weighted by molar-refractivity contribution is 7.80. The summed E-state index contributed by atoms with van der Waals surface area (Å²) in [6.45, 7) is 2.16. The highest BCUT2D eigenvalue weighted by atomic mass is 32.1. The van der Waals surface area contributed by atoms with Gasteiger partial charge in [-0.3, -0.25) is 0 Å². The van der Waals surface area contributed by atoms with Crippen molar-refractivity contribution >= 4 is 33.8 Å². The van der Waals surface area contributed by atoms with Crippen LogP contribution in [0.3, 0.4) is 0 Å². The molecule has 2 nitrogen and oxygen atoms in total. The summed E-state index contributed by atoms with van der Waals surface area (Å²) in [5.74, 6) is 0. The summed E-state index contributed by atoms with van der Waals surface area (Å²) in [4.78, 5) is 2.25. The molecule has 1 N–H and O–H groups in total. The van der Waals surface area contributed by atoms with Gasteiger partial charge in [0.2, 0.25) is 0 Å². The van der Waals surface area contributed by atoms with Crippen molar-refractivity contribution < 1.29 is 0 Å². The zero-order chi connectivity index (χ0) is 12.4. The molecule has 1 aliphatic heterocycles. The average Bonchev–Trinajstić information content (AvgIpc) is 2.93. The molecule has 0 aliphatic carbocycles. The molecule has 18 heavy (non-hydrogen) atoms. The Morgan fingerprint density at radius 3 is 2.56 bits per heavy atom. The van der Waals surface area contributed by atoms with E-state index in [1.54, 1.807) is 0 Å². The van der Waals surface area contributed by atoms with Gasteiger partial charge in [-0.1, -0.05) is 36.4 Å². The monoisotopic (exact) mass is 256 g/mol. The Labute approximate surface area is 113 Å². The van der Waals surface area contributed by atoms with Crippen LogP contribution < -0.4 is 5.32 Å². The van der Waals surface area contributed by atoms with E-state index in [9.17, 15) is 0 Å². The Morgan fingerprint density at radius 2 is 1.72 bits per heavy atom. The van der Waals surface area contributed by atoms with Gasteiger partial charge in [-0.2, -0.15) is 0 Å². The maximum atomic E-state index is 5.47. The van der Waals surface area contributed by atoms with E-state index in [-0.39, 0.29) is 0 Å². The summed E-state index contributed by atoms with van der Waals surface area (Å²) < 4.78 is 0. The largest absolute Gasteiger partial charge is 0.349 e. The van der Waals surface area contributed by atoms with E-state index in [0.29, 0.717) is 0 Å². The molecule has 1 heterocycles. The summed E-state index contributed by atoms with van der Waals surface area (Å²) >= 11 is 5.47. The van der Waals surface area contributed by atoms with Gasteiger partial charge in [-0.15, -0.1) is 0 Å².